The number of carbonyl (C=O) groups excluding carboxylic acids is 1. The Labute approximate surface area is 174 Å². The van der Waals surface area contributed by atoms with Crippen LogP contribution >= 0.6 is 0 Å². The Kier molecular flexibility index (Phi) is 7.05. The van der Waals surface area contributed by atoms with E-state index in [1.54, 1.807) is 6.92 Å². The third-order valence-electron chi connectivity index (χ3n) is 5.45. The Morgan fingerprint density at radius 3 is 2.57 bits per heavy atom. The van der Waals surface area contributed by atoms with E-state index in [1.165, 1.54) is 22.0 Å². The number of alkyl halides is 3. The van der Waals surface area contributed by atoms with E-state index in [9.17, 15) is 18.0 Å². The minimum absolute atomic E-state index is 0.162. The lowest BCUT2D eigenvalue weighted by Crippen LogP contribution is -2.35. The summed E-state index contributed by atoms with van der Waals surface area (Å²) in [6.45, 7) is 3.98. The monoisotopic (exact) mass is 423 g/mol. The smallest absolute Gasteiger partial charge is 0.391 e. The molecule has 1 aliphatic heterocycles. The van der Waals surface area contributed by atoms with Crippen molar-refractivity contribution in [3.05, 3.63) is 47.2 Å². The number of aryl methyl sites for hydroxylation is 2. The van der Waals surface area contributed by atoms with Gasteiger partial charge in [0.05, 0.1) is 25.3 Å². The molecule has 0 fully saturated rings. The Bertz CT molecular complexity index is 846. The molecule has 0 aliphatic carbocycles. The molecule has 164 valence electrons. The molecule has 0 bridgehead atoms. The predicted octanol–water partition coefficient (Wildman–Crippen LogP) is 5.32. The van der Waals surface area contributed by atoms with Gasteiger partial charge in [0, 0.05) is 6.04 Å². The van der Waals surface area contributed by atoms with Gasteiger partial charge in [-0.3, -0.25) is 0 Å². The lowest BCUT2D eigenvalue weighted by molar-refractivity contribution is -0.144. The fourth-order valence-corrected chi connectivity index (χ4v) is 3.94. The van der Waals surface area contributed by atoms with Gasteiger partial charge < -0.3 is 10.1 Å². The van der Waals surface area contributed by atoms with Crippen molar-refractivity contribution in [2.24, 2.45) is 0 Å². The average Bonchev–Trinajstić information content (AvgIpc) is 3.12. The number of halogens is 3. The second-order valence-corrected chi connectivity index (χ2v) is 7.68. The van der Waals surface area contributed by atoms with Crippen LogP contribution in [0, 0.1) is 0 Å². The van der Waals surface area contributed by atoms with Crippen molar-refractivity contribution in [3.8, 4) is 0 Å². The van der Waals surface area contributed by atoms with Gasteiger partial charge in [-0.2, -0.15) is 18.3 Å². The van der Waals surface area contributed by atoms with Crippen molar-refractivity contribution in [1.29, 1.82) is 0 Å². The second-order valence-electron chi connectivity index (χ2n) is 7.68. The first kappa shape index (κ1) is 22.2. The van der Waals surface area contributed by atoms with Gasteiger partial charge in [-0.15, -0.1) is 0 Å². The molecule has 1 aliphatic rings. The number of rotatable bonds is 8. The third kappa shape index (κ3) is 5.55. The zero-order valence-electron chi connectivity index (χ0n) is 17.3. The van der Waals surface area contributed by atoms with E-state index in [0.29, 0.717) is 18.7 Å². The van der Waals surface area contributed by atoms with Gasteiger partial charge in [0.2, 0.25) is 0 Å². The summed E-state index contributed by atoms with van der Waals surface area (Å²) in [4.78, 5) is 12.2. The van der Waals surface area contributed by atoms with Gasteiger partial charge in [-0.05, 0) is 50.2 Å². The average molecular weight is 423 g/mol. The lowest BCUT2D eigenvalue weighted by atomic mass is 9.95. The molecule has 2 heterocycles. The van der Waals surface area contributed by atoms with Gasteiger partial charge in [0.15, 0.2) is 0 Å². The number of anilines is 1. The first-order chi connectivity index (χ1) is 14.3. The molecule has 8 heteroatoms. The summed E-state index contributed by atoms with van der Waals surface area (Å²) in [5.74, 6) is -0.250. The van der Waals surface area contributed by atoms with Crippen LogP contribution in [0.5, 0.6) is 0 Å². The number of fused-ring (bicyclic) bond motifs is 1. The quantitative estimate of drug-likeness (QED) is 0.584. The SMILES string of the molecule is CCOC(=O)c1cnn2c1NC(CCCc1ccc(CC)cc1)CC2CC(F)(F)F. The number of carbonyl (C=O) groups is 1. The van der Waals surface area contributed by atoms with Crippen LogP contribution in [-0.2, 0) is 17.6 Å². The van der Waals surface area contributed by atoms with Crippen molar-refractivity contribution in [2.45, 2.75) is 70.6 Å². The molecule has 1 N–H and O–H groups in total. The Morgan fingerprint density at radius 2 is 1.93 bits per heavy atom. The summed E-state index contributed by atoms with van der Waals surface area (Å²) in [6.07, 6.45) is -0.282. The largest absolute Gasteiger partial charge is 0.462 e. The van der Waals surface area contributed by atoms with Crippen LogP contribution in [0.3, 0.4) is 0 Å². The van der Waals surface area contributed by atoms with E-state index >= 15 is 0 Å². The van der Waals surface area contributed by atoms with Crippen molar-refractivity contribution in [3.63, 3.8) is 0 Å². The number of hydrogen-bond donors (Lipinski definition) is 1. The fourth-order valence-electron chi connectivity index (χ4n) is 3.94. The van der Waals surface area contributed by atoms with Gasteiger partial charge in [-0.25, -0.2) is 9.48 Å². The number of nitrogens with one attached hydrogen (secondary N) is 1. The van der Waals surface area contributed by atoms with E-state index in [0.717, 1.165) is 19.3 Å². The number of esters is 1. The molecule has 1 aromatic heterocycles. The highest BCUT2D eigenvalue weighted by atomic mass is 19.4. The Morgan fingerprint density at radius 1 is 1.23 bits per heavy atom. The highest BCUT2D eigenvalue weighted by molar-refractivity contribution is 5.94. The third-order valence-corrected chi connectivity index (χ3v) is 5.45. The van der Waals surface area contributed by atoms with Gasteiger partial charge in [-0.1, -0.05) is 31.2 Å². The molecule has 2 aromatic rings. The van der Waals surface area contributed by atoms with E-state index in [-0.39, 0.29) is 18.2 Å². The molecule has 0 radical (unpaired) electrons. The van der Waals surface area contributed by atoms with Crippen LogP contribution in [0.25, 0.3) is 0 Å². The number of ether oxygens (including phenoxy) is 1. The molecule has 0 saturated heterocycles. The van der Waals surface area contributed by atoms with E-state index in [1.807, 2.05) is 0 Å². The number of nitrogens with zero attached hydrogens (tertiary/aromatic N) is 2. The minimum atomic E-state index is -4.30. The first-order valence-electron chi connectivity index (χ1n) is 10.5. The van der Waals surface area contributed by atoms with Crippen LogP contribution in [-0.4, -0.2) is 34.6 Å². The van der Waals surface area contributed by atoms with Crippen LogP contribution < -0.4 is 5.32 Å². The van der Waals surface area contributed by atoms with Gasteiger partial charge in [0.25, 0.3) is 0 Å². The van der Waals surface area contributed by atoms with Crippen LogP contribution in [0.2, 0.25) is 0 Å². The number of aromatic nitrogens is 2. The number of hydrogen-bond acceptors (Lipinski definition) is 4. The van der Waals surface area contributed by atoms with Crippen molar-refractivity contribution in [1.82, 2.24) is 9.78 Å². The summed E-state index contributed by atoms with van der Waals surface area (Å²) in [6, 6.07) is 7.43. The summed E-state index contributed by atoms with van der Waals surface area (Å²) in [5.41, 5.74) is 2.68. The Hall–Kier alpha value is -2.51. The summed E-state index contributed by atoms with van der Waals surface area (Å²) < 4.78 is 45.7. The Balaban J connectivity index is 1.70. The molecule has 2 atom stereocenters. The molecule has 0 spiro atoms. The maximum absolute atomic E-state index is 13.1. The molecule has 30 heavy (non-hydrogen) atoms. The fraction of sp³-hybridized carbons (Fsp3) is 0.545. The van der Waals surface area contributed by atoms with Gasteiger partial charge in [0.1, 0.15) is 11.4 Å². The molecule has 2 unspecified atom stereocenters. The first-order valence-corrected chi connectivity index (χ1v) is 10.5. The summed E-state index contributed by atoms with van der Waals surface area (Å²) in [5, 5.41) is 7.30. The molecule has 0 amide bonds. The standard InChI is InChI=1S/C22H28F3N3O2/c1-3-15-8-10-16(11-9-15)6-5-7-17-12-18(13-22(23,24)25)28-20(27-17)19(14-26-28)21(29)30-4-2/h8-11,14,17-18,27H,3-7,12-13H2,1-2H3. The van der Waals surface area contributed by atoms with Crippen molar-refractivity contribution < 1.29 is 22.7 Å². The minimum Gasteiger partial charge on any atom is -0.462 e. The van der Waals surface area contributed by atoms with Crippen LogP contribution in [0.15, 0.2) is 30.5 Å². The predicted molar refractivity (Wildman–Crippen MR) is 109 cm³/mol. The highest BCUT2D eigenvalue weighted by Gasteiger charge is 2.38. The normalized spacial score (nSPS) is 18.6. The molecular weight excluding hydrogens is 395 g/mol. The lowest BCUT2D eigenvalue weighted by Gasteiger charge is -2.33. The van der Waals surface area contributed by atoms with Crippen molar-refractivity contribution >= 4 is 11.8 Å². The molecule has 3 rings (SSSR count). The van der Waals surface area contributed by atoms with Crippen molar-refractivity contribution in [2.75, 3.05) is 11.9 Å². The maximum atomic E-state index is 13.1. The zero-order chi connectivity index (χ0) is 21.7. The van der Waals surface area contributed by atoms with E-state index in [4.69, 9.17) is 4.74 Å². The second kappa shape index (κ2) is 9.53. The molecule has 5 nitrogen and oxygen atoms in total. The molecular formula is C22H28F3N3O2. The van der Waals surface area contributed by atoms with E-state index < -0.39 is 24.6 Å². The van der Waals surface area contributed by atoms with Crippen LogP contribution in [0.1, 0.15) is 67.1 Å². The number of benzene rings is 1. The van der Waals surface area contributed by atoms with Crippen LogP contribution in [0.4, 0.5) is 19.0 Å². The topological polar surface area (TPSA) is 56.1 Å². The zero-order valence-corrected chi connectivity index (χ0v) is 17.3. The summed E-state index contributed by atoms with van der Waals surface area (Å²) in [7, 11) is 0. The maximum Gasteiger partial charge on any atom is 0.391 e. The van der Waals surface area contributed by atoms with Gasteiger partial charge >= 0.3 is 12.1 Å². The highest BCUT2D eigenvalue weighted by Crippen LogP contribution is 2.38. The summed E-state index contributed by atoms with van der Waals surface area (Å²) >= 11 is 0. The molecule has 0 saturated carbocycles. The molecule has 1 aromatic carbocycles. The van der Waals surface area contributed by atoms with E-state index in [2.05, 4.69) is 41.6 Å².